The van der Waals surface area contributed by atoms with Crippen LogP contribution in [0.15, 0.2) is 138 Å². The molecule has 48 heavy (non-hydrogen) atoms. The first-order valence-electron chi connectivity index (χ1n) is 15.6. The molecule has 3 heterocycles. The van der Waals surface area contributed by atoms with E-state index >= 15 is 0 Å². The Morgan fingerprint density at radius 3 is 2.33 bits per heavy atom. The summed E-state index contributed by atoms with van der Waals surface area (Å²) < 4.78 is 16.1. The number of ether oxygens (including phenoxy) is 1. The van der Waals surface area contributed by atoms with Crippen molar-refractivity contribution in [1.82, 2.24) is 9.55 Å². The van der Waals surface area contributed by atoms with Gasteiger partial charge in [0.2, 0.25) is 0 Å². The van der Waals surface area contributed by atoms with Gasteiger partial charge in [0.25, 0.3) is 6.33 Å². The van der Waals surface area contributed by atoms with Crippen LogP contribution >= 0.6 is 0 Å². The third kappa shape index (κ3) is 5.98. The number of aromatic nitrogens is 3. The van der Waals surface area contributed by atoms with Crippen LogP contribution in [0.3, 0.4) is 0 Å². The number of hydrogen-bond acceptors (Lipinski definition) is 3. The number of fused-ring (bicyclic) bond motifs is 3. The monoisotopic (exact) mass is 804 g/mol. The third-order valence-electron chi connectivity index (χ3n) is 8.37. The first-order chi connectivity index (χ1) is 22.9. The van der Waals surface area contributed by atoms with E-state index in [9.17, 15) is 0 Å². The molecule has 0 spiro atoms. The van der Waals surface area contributed by atoms with Gasteiger partial charge < -0.3 is 13.7 Å². The standard InChI is InChI=1S/C42H31N3O2.Pt/c1-42(2,3)29-21-22-43-38(25-29)34-14-5-4-13-33(34)35-15-6-8-17-39(35)45-24-23-44(28-45)30-11-10-12-31(26-30)46-32-19-20-37-36-16-7-9-18-40(36)47-41(37)27-32;/h4-25H,1-3H3;/q-2;. The molecule has 6 heteroatoms. The molecule has 0 aliphatic heterocycles. The maximum absolute atomic E-state index is 6.19. The Morgan fingerprint density at radius 1 is 0.729 bits per heavy atom. The summed E-state index contributed by atoms with van der Waals surface area (Å²) in [6.07, 6.45) is 9.37. The molecule has 0 N–H and O–H groups in total. The van der Waals surface area contributed by atoms with E-state index in [1.165, 1.54) is 5.56 Å². The second-order valence-corrected chi connectivity index (χ2v) is 12.5. The van der Waals surface area contributed by atoms with Gasteiger partial charge in [-0.05, 0) is 57.4 Å². The molecular formula is C42H31N3O2Pt-2. The fourth-order valence-corrected chi connectivity index (χ4v) is 5.93. The summed E-state index contributed by atoms with van der Waals surface area (Å²) in [7, 11) is 0. The van der Waals surface area contributed by atoms with E-state index in [2.05, 4.69) is 93.8 Å². The van der Waals surface area contributed by atoms with Crippen LogP contribution in [0.4, 0.5) is 0 Å². The molecule has 0 aliphatic carbocycles. The van der Waals surface area contributed by atoms with Crippen LogP contribution in [0.1, 0.15) is 26.3 Å². The fraction of sp³-hybridized carbons (Fsp3) is 0.0952. The van der Waals surface area contributed by atoms with Gasteiger partial charge in [-0.15, -0.1) is 18.2 Å². The molecular weight excluding hydrogens is 774 g/mol. The van der Waals surface area contributed by atoms with Crippen LogP contribution in [0.25, 0.3) is 55.7 Å². The molecule has 3 aromatic heterocycles. The molecule has 0 saturated carbocycles. The maximum atomic E-state index is 6.19. The smallest absolute Gasteiger partial charge is 0.267 e. The van der Waals surface area contributed by atoms with Gasteiger partial charge in [0.1, 0.15) is 5.58 Å². The van der Waals surface area contributed by atoms with E-state index in [0.717, 1.165) is 50.1 Å². The quantitative estimate of drug-likeness (QED) is 0.124. The maximum Gasteiger partial charge on any atom is 0.267 e. The number of furan rings is 1. The summed E-state index contributed by atoms with van der Waals surface area (Å²) in [6, 6.07) is 45.5. The molecule has 0 fully saturated rings. The van der Waals surface area contributed by atoms with E-state index in [0.29, 0.717) is 17.1 Å². The van der Waals surface area contributed by atoms with E-state index in [4.69, 9.17) is 14.1 Å². The van der Waals surface area contributed by atoms with Crippen molar-refractivity contribution in [2.75, 3.05) is 0 Å². The number of nitrogens with zero attached hydrogens (tertiary/aromatic N) is 3. The summed E-state index contributed by atoms with van der Waals surface area (Å²) in [6.45, 7) is 6.68. The minimum Gasteiger partial charge on any atom is -0.510 e. The minimum atomic E-state index is 0. The van der Waals surface area contributed by atoms with Crippen LogP contribution in [0.5, 0.6) is 11.5 Å². The Hall–Kier alpha value is -5.25. The Morgan fingerprint density at radius 2 is 1.48 bits per heavy atom. The molecule has 0 amide bonds. The first kappa shape index (κ1) is 31.4. The molecule has 8 rings (SSSR count). The Bertz CT molecular complexity index is 2400. The summed E-state index contributed by atoms with van der Waals surface area (Å²) in [4.78, 5) is 4.78. The molecule has 0 bridgehead atoms. The van der Waals surface area contributed by atoms with Gasteiger partial charge in [-0.1, -0.05) is 92.9 Å². The predicted octanol–water partition coefficient (Wildman–Crippen LogP) is 9.87. The van der Waals surface area contributed by atoms with Crippen molar-refractivity contribution in [2.45, 2.75) is 26.2 Å². The van der Waals surface area contributed by atoms with Crippen molar-refractivity contribution in [3.05, 3.63) is 158 Å². The number of hydrogen-bond donors (Lipinski definition) is 0. The topological polar surface area (TPSA) is 44.1 Å². The Balaban J connectivity index is 0.00000364. The largest absolute Gasteiger partial charge is 0.510 e. The summed E-state index contributed by atoms with van der Waals surface area (Å²) in [5.74, 6) is 1.13. The van der Waals surface area contributed by atoms with E-state index < -0.39 is 0 Å². The molecule has 0 saturated heterocycles. The molecule has 5 nitrogen and oxygen atoms in total. The second kappa shape index (κ2) is 12.7. The second-order valence-electron chi connectivity index (χ2n) is 12.5. The zero-order chi connectivity index (χ0) is 32.0. The van der Waals surface area contributed by atoms with Crippen LogP contribution in [0.2, 0.25) is 0 Å². The van der Waals surface area contributed by atoms with Gasteiger partial charge in [0.05, 0.1) is 11.4 Å². The number of imidazole rings is 1. The first-order valence-corrected chi connectivity index (χ1v) is 15.6. The third-order valence-corrected chi connectivity index (χ3v) is 8.37. The molecule has 0 atom stereocenters. The van der Waals surface area contributed by atoms with Gasteiger partial charge in [0.15, 0.2) is 0 Å². The van der Waals surface area contributed by atoms with Gasteiger partial charge in [-0.3, -0.25) is 9.55 Å². The SMILES string of the molecule is CC(C)(C)c1ccnc(-c2ccccc2-c2ccccc2-[n+]2[c-]n(-c3[c-]c(Oc4[c-]c5oc6ccccc6c5cc4)ccc3)cc2)c1.[Pt]. The molecule has 5 aromatic carbocycles. The molecule has 0 aliphatic rings. The average molecular weight is 805 g/mol. The van der Waals surface area contributed by atoms with Crippen LogP contribution in [-0.4, -0.2) is 9.55 Å². The minimum absolute atomic E-state index is 0. The average Bonchev–Trinajstić information content (AvgIpc) is 3.73. The van der Waals surface area contributed by atoms with Crippen molar-refractivity contribution in [3.8, 4) is 45.3 Å². The van der Waals surface area contributed by atoms with Gasteiger partial charge >= 0.3 is 0 Å². The predicted molar refractivity (Wildman–Crippen MR) is 185 cm³/mol. The molecule has 0 unspecified atom stereocenters. The van der Waals surface area contributed by atoms with Crippen molar-refractivity contribution in [1.29, 1.82) is 0 Å². The van der Waals surface area contributed by atoms with Gasteiger partial charge in [0, 0.05) is 62.3 Å². The summed E-state index contributed by atoms with van der Waals surface area (Å²) in [5, 5.41) is 2.07. The zero-order valence-corrected chi connectivity index (χ0v) is 28.9. The van der Waals surface area contributed by atoms with Gasteiger partial charge in [-0.2, -0.15) is 18.2 Å². The van der Waals surface area contributed by atoms with Crippen LogP contribution in [-0.2, 0) is 26.5 Å². The Kier molecular flexibility index (Phi) is 8.33. The number of benzene rings is 5. The van der Waals surface area contributed by atoms with Crippen LogP contribution < -0.4 is 9.30 Å². The van der Waals surface area contributed by atoms with Crippen molar-refractivity contribution < 1.29 is 34.8 Å². The van der Waals surface area contributed by atoms with Crippen LogP contribution in [0, 0.1) is 18.5 Å². The number of para-hydroxylation sites is 2. The normalized spacial score (nSPS) is 11.5. The van der Waals surface area contributed by atoms with E-state index in [-0.39, 0.29) is 26.5 Å². The van der Waals surface area contributed by atoms with Crippen molar-refractivity contribution in [3.63, 3.8) is 0 Å². The van der Waals surface area contributed by atoms with E-state index in [1.54, 1.807) is 0 Å². The summed E-state index contributed by atoms with van der Waals surface area (Å²) in [5.41, 5.74) is 8.81. The van der Waals surface area contributed by atoms with E-state index in [1.807, 2.05) is 88.4 Å². The van der Waals surface area contributed by atoms with Crippen molar-refractivity contribution in [2.24, 2.45) is 0 Å². The number of rotatable bonds is 6. The Labute approximate surface area is 294 Å². The molecule has 0 radical (unpaired) electrons. The molecule has 8 aromatic rings. The van der Waals surface area contributed by atoms with Gasteiger partial charge in [-0.25, -0.2) is 0 Å². The summed E-state index contributed by atoms with van der Waals surface area (Å²) >= 11 is 0. The number of pyridine rings is 1. The molecule has 238 valence electrons. The van der Waals surface area contributed by atoms with Crippen molar-refractivity contribution >= 4 is 21.9 Å². The zero-order valence-electron chi connectivity index (χ0n) is 26.7. The fourth-order valence-electron chi connectivity index (χ4n) is 5.93.